The third kappa shape index (κ3) is 8.66. The first-order valence-corrected chi connectivity index (χ1v) is 16.4. The topological polar surface area (TPSA) is 105 Å². The Balaban J connectivity index is 1.85. The molecular weight excluding hydrogens is 602 g/mol. The number of hydrogen-bond donors (Lipinski definition) is 1. The molecule has 4 aromatic rings. The minimum Gasteiger partial charge on any atom is -0.497 e. The summed E-state index contributed by atoms with van der Waals surface area (Å²) in [6.45, 7) is 5.05. The maximum atomic E-state index is 14.6. The summed E-state index contributed by atoms with van der Waals surface area (Å²) in [5.74, 6) is -0.0630. The van der Waals surface area contributed by atoms with Crippen molar-refractivity contribution in [1.82, 2.24) is 10.2 Å². The molecule has 0 saturated carbocycles. The van der Waals surface area contributed by atoms with E-state index in [0.717, 1.165) is 9.87 Å². The molecule has 4 aromatic carbocycles. The van der Waals surface area contributed by atoms with Crippen molar-refractivity contribution in [3.63, 3.8) is 0 Å². The van der Waals surface area contributed by atoms with Crippen molar-refractivity contribution in [2.75, 3.05) is 25.1 Å². The molecule has 1 N–H and O–H groups in total. The third-order valence-corrected chi connectivity index (χ3v) is 8.99. The highest BCUT2D eigenvalue weighted by Gasteiger charge is 2.36. The quantitative estimate of drug-likeness (QED) is 0.208. The molecule has 0 aliphatic heterocycles. The Hall–Kier alpha value is -4.83. The second kappa shape index (κ2) is 15.0. The maximum absolute atomic E-state index is 14.6. The van der Waals surface area contributed by atoms with Gasteiger partial charge in [0.1, 0.15) is 24.1 Å². The largest absolute Gasteiger partial charge is 0.497 e. The Morgan fingerprint density at radius 2 is 1.39 bits per heavy atom. The zero-order valence-electron chi connectivity index (χ0n) is 26.8. The SMILES string of the molecule is COc1cccc(CN(C(=O)CN(c2ccccc2OC)S(=O)(=O)c2ccccc2)C(Cc2ccccc2)C(=O)NC(C)(C)C)c1. The highest BCUT2D eigenvalue weighted by atomic mass is 32.2. The average molecular weight is 644 g/mol. The Labute approximate surface area is 271 Å². The Morgan fingerprint density at radius 3 is 2.02 bits per heavy atom. The summed E-state index contributed by atoms with van der Waals surface area (Å²) in [5.41, 5.74) is 1.17. The highest BCUT2D eigenvalue weighted by Crippen LogP contribution is 2.32. The van der Waals surface area contributed by atoms with Crippen molar-refractivity contribution in [2.24, 2.45) is 0 Å². The van der Waals surface area contributed by atoms with Gasteiger partial charge in [-0.25, -0.2) is 8.42 Å². The molecule has 0 spiro atoms. The molecule has 0 bridgehead atoms. The smallest absolute Gasteiger partial charge is 0.264 e. The van der Waals surface area contributed by atoms with E-state index in [1.807, 2.05) is 57.2 Å². The van der Waals surface area contributed by atoms with Crippen molar-refractivity contribution in [2.45, 2.75) is 50.2 Å². The minimum absolute atomic E-state index is 0.0133. The van der Waals surface area contributed by atoms with Crippen LogP contribution >= 0.6 is 0 Å². The molecule has 2 amide bonds. The summed E-state index contributed by atoms with van der Waals surface area (Å²) in [4.78, 5) is 30.1. The lowest BCUT2D eigenvalue weighted by Crippen LogP contribution is -2.56. The van der Waals surface area contributed by atoms with Crippen LogP contribution in [0.15, 0.2) is 114 Å². The van der Waals surface area contributed by atoms with Gasteiger partial charge in [-0.3, -0.25) is 13.9 Å². The molecular formula is C36H41N3O6S. The van der Waals surface area contributed by atoms with Crippen LogP contribution in [0.25, 0.3) is 0 Å². The molecule has 0 fully saturated rings. The molecule has 242 valence electrons. The van der Waals surface area contributed by atoms with Gasteiger partial charge in [0.05, 0.1) is 24.8 Å². The molecule has 0 saturated heterocycles. The van der Waals surface area contributed by atoms with Gasteiger partial charge in [0.25, 0.3) is 10.0 Å². The van der Waals surface area contributed by atoms with Crippen LogP contribution in [-0.2, 0) is 32.6 Å². The van der Waals surface area contributed by atoms with Crippen LogP contribution in [0.1, 0.15) is 31.9 Å². The van der Waals surface area contributed by atoms with E-state index in [4.69, 9.17) is 9.47 Å². The van der Waals surface area contributed by atoms with Crippen molar-refractivity contribution in [1.29, 1.82) is 0 Å². The number of benzene rings is 4. The van der Waals surface area contributed by atoms with Crippen LogP contribution in [0.4, 0.5) is 5.69 Å². The first-order chi connectivity index (χ1) is 21.9. The first kappa shape index (κ1) is 34.1. The predicted octanol–water partition coefficient (Wildman–Crippen LogP) is 5.45. The number of sulfonamides is 1. The number of nitrogens with one attached hydrogen (secondary N) is 1. The van der Waals surface area contributed by atoms with Crippen LogP contribution in [0.2, 0.25) is 0 Å². The Morgan fingerprint density at radius 1 is 0.783 bits per heavy atom. The average Bonchev–Trinajstić information content (AvgIpc) is 3.05. The molecule has 1 unspecified atom stereocenters. The fourth-order valence-electron chi connectivity index (χ4n) is 5.04. The van der Waals surface area contributed by atoms with E-state index >= 15 is 0 Å². The minimum atomic E-state index is -4.25. The number of ether oxygens (including phenoxy) is 2. The fourth-order valence-corrected chi connectivity index (χ4v) is 6.49. The van der Waals surface area contributed by atoms with E-state index in [2.05, 4.69) is 5.32 Å². The number of methoxy groups -OCH3 is 2. The number of amides is 2. The summed E-state index contributed by atoms with van der Waals surface area (Å²) < 4.78 is 40.4. The molecule has 0 aliphatic carbocycles. The third-order valence-electron chi connectivity index (χ3n) is 7.22. The second-order valence-electron chi connectivity index (χ2n) is 11.8. The van der Waals surface area contributed by atoms with Crippen LogP contribution in [-0.4, -0.2) is 57.5 Å². The molecule has 9 nitrogen and oxygen atoms in total. The number of rotatable bonds is 13. The number of anilines is 1. The van der Waals surface area contributed by atoms with E-state index in [1.54, 1.807) is 67.8 Å². The lowest BCUT2D eigenvalue weighted by atomic mass is 10.0. The fraction of sp³-hybridized carbons (Fsp3) is 0.278. The van der Waals surface area contributed by atoms with Gasteiger partial charge in [-0.2, -0.15) is 0 Å². The van der Waals surface area contributed by atoms with Gasteiger partial charge < -0.3 is 19.7 Å². The zero-order valence-corrected chi connectivity index (χ0v) is 27.7. The monoisotopic (exact) mass is 643 g/mol. The summed E-state index contributed by atoms with van der Waals surface area (Å²) >= 11 is 0. The Kier molecular flexibility index (Phi) is 11.1. The van der Waals surface area contributed by atoms with Gasteiger partial charge in [0.15, 0.2) is 0 Å². The summed E-state index contributed by atoms with van der Waals surface area (Å²) in [7, 11) is -1.25. The summed E-state index contributed by atoms with van der Waals surface area (Å²) in [5, 5.41) is 3.03. The zero-order chi connectivity index (χ0) is 33.3. The lowest BCUT2D eigenvalue weighted by molar-refractivity contribution is -0.140. The number of para-hydroxylation sites is 2. The van der Waals surface area contributed by atoms with E-state index in [-0.39, 0.29) is 35.2 Å². The predicted molar refractivity (Wildman–Crippen MR) is 179 cm³/mol. The molecule has 0 aromatic heterocycles. The van der Waals surface area contributed by atoms with Gasteiger partial charge >= 0.3 is 0 Å². The van der Waals surface area contributed by atoms with E-state index in [1.165, 1.54) is 24.1 Å². The highest BCUT2D eigenvalue weighted by molar-refractivity contribution is 7.92. The molecule has 0 radical (unpaired) electrons. The second-order valence-corrected chi connectivity index (χ2v) is 13.7. The van der Waals surface area contributed by atoms with Gasteiger partial charge in [-0.05, 0) is 68.3 Å². The van der Waals surface area contributed by atoms with Crippen molar-refractivity contribution < 1.29 is 27.5 Å². The van der Waals surface area contributed by atoms with Crippen molar-refractivity contribution >= 4 is 27.5 Å². The van der Waals surface area contributed by atoms with E-state index < -0.39 is 34.1 Å². The molecule has 0 aliphatic rings. The number of carbonyl (C=O) groups excluding carboxylic acids is 2. The van der Waals surface area contributed by atoms with Gasteiger partial charge in [0.2, 0.25) is 11.8 Å². The Bertz CT molecular complexity index is 1720. The van der Waals surface area contributed by atoms with Crippen LogP contribution in [0, 0.1) is 0 Å². The summed E-state index contributed by atoms with van der Waals surface area (Å²) in [6, 6.07) is 30.2. The molecule has 1 atom stereocenters. The van der Waals surface area contributed by atoms with Crippen molar-refractivity contribution in [3.8, 4) is 11.5 Å². The van der Waals surface area contributed by atoms with Crippen molar-refractivity contribution in [3.05, 3.63) is 120 Å². The van der Waals surface area contributed by atoms with E-state index in [9.17, 15) is 18.0 Å². The van der Waals surface area contributed by atoms with Gasteiger partial charge in [-0.1, -0.05) is 72.8 Å². The molecule has 0 heterocycles. The molecule has 4 rings (SSSR count). The number of carbonyl (C=O) groups is 2. The lowest BCUT2D eigenvalue weighted by Gasteiger charge is -2.35. The number of hydrogen-bond acceptors (Lipinski definition) is 6. The normalized spacial score (nSPS) is 12.1. The maximum Gasteiger partial charge on any atom is 0.264 e. The van der Waals surface area contributed by atoms with Crippen LogP contribution in [0.5, 0.6) is 11.5 Å². The first-order valence-electron chi connectivity index (χ1n) is 14.9. The van der Waals surface area contributed by atoms with Crippen LogP contribution in [0.3, 0.4) is 0 Å². The van der Waals surface area contributed by atoms with Gasteiger partial charge in [0, 0.05) is 18.5 Å². The van der Waals surface area contributed by atoms with E-state index in [0.29, 0.717) is 11.3 Å². The molecule has 46 heavy (non-hydrogen) atoms. The molecule has 10 heteroatoms. The van der Waals surface area contributed by atoms with Gasteiger partial charge in [-0.15, -0.1) is 0 Å². The standard InChI is InChI=1S/C36H41N3O6S/c1-36(2,3)37-35(41)32(24-27-15-8-6-9-16-27)38(25-28-17-14-18-29(23-28)44-4)34(40)26-39(31-21-12-13-22-33(31)45-5)46(42,43)30-19-10-7-11-20-30/h6-23,32H,24-26H2,1-5H3,(H,37,41). The number of nitrogens with zero attached hydrogens (tertiary/aromatic N) is 2. The van der Waals surface area contributed by atoms with Crippen LogP contribution < -0.4 is 19.1 Å². The summed E-state index contributed by atoms with van der Waals surface area (Å²) in [6.07, 6.45) is 0.207.